The fraction of sp³-hybridized carbons (Fsp3) is 0.526. The second-order valence-electron chi connectivity index (χ2n) is 6.27. The van der Waals surface area contributed by atoms with Crippen LogP contribution in [0.15, 0.2) is 21.6 Å². The largest absolute Gasteiger partial charge is 0.463 e. The van der Waals surface area contributed by atoms with E-state index in [2.05, 4.69) is 20.9 Å². The summed E-state index contributed by atoms with van der Waals surface area (Å²) in [4.78, 5) is 38.9. The van der Waals surface area contributed by atoms with Crippen molar-refractivity contribution in [1.29, 1.82) is 5.26 Å². The standard InChI is InChI=1S/C19H24BrN3O7S/c1-10(28-12(3)25)18(9-27-11(2)24)30-19(17(7-22)29-13(4)26)31-14-5-15(20)16(6-21)23-8-14/h5,8,10,17-19H,7,9,22H2,1-4H3/t10-,17+,18?,19?/m1/s1. The van der Waals surface area contributed by atoms with Crippen molar-refractivity contribution in [2.75, 3.05) is 13.2 Å². The van der Waals surface area contributed by atoms with Gasteiger partial charge in [0.2, 0.25) is 0 Å². The normalized spacial score (nSPS) is 14.5. The summed E-state index contributed by atoms with van der Waals surface area (Å²) in [5.74, 6) is -1.64. The van der Waals surface area contributed by atoms with Gasteiger partial charge in [0, 0.05) is 38.4 Å². The molecule has 0 amide bonds. The third-order valence-corrected chi connectivity index (χ3v) is 5.41. The second kappa shape index (κ2) is 13.3. The lowest BCUT2D eigenvalue weighted by Gasteiger charge is -2.31. The summed E-state index contributed by atoms with van der Waals surface area (Å²) in [7, 11) is 0. The van der Waals surface area contributed by atoms with Crippen LogP contribution in [0.4, 0.5) is 0 Å². The van der Waals surface area contributed by atoms with Crippen molar-refractivity contribution in [3.8, 4) is 6.07 Å². The van der Waals surface area contributed by atoms with E-state index in [9.17, 15) is 14.4 Å². The maximum Gasteiger partial charge on any atom is 0.303 e. The Labute approximate surface area is 192 Å². The Morgan fingerprint density at radius 1 is 1.19 bits per heavy atom. The first-order valence-electron chi connectivity index (χ1n) is 9.13. The average molecular weight is 518 g/mol. The molecule has 1 rings (SSSR count). The first kappa shape index (κ1) is 26.8. The minimum atomic E-state index is -0.874. The fourth-order valence-corrected chi connectivity index (χ4v) is 3.99. The van der Waals surface area contributed by atoms with Gasteiger partial charge in [0.15, 0.2) is 5.69 Å². The quantitative estimate of drug-likeness (QED) is 0.198. The van der Waals surface area contributed by atoms with Crippen LogP contribution < -0.4 is 5.73 Å². The summed E-state index contributed by atoms with van der Waals surface area (Å²) >= 11 is 4.40. The van der Waals surface area contributed by atoms with Crippen LogP contribution in [-0.2, 0) is 33.3 Å². The van der Waals surface area contributed by atoms with Gasteiger partial charge >= 0.3 is 17.9 Å². The minimum absolute atomic E-state index is 0.0651. The van der Waals surface area contributed by atoms with E-state index < -0.39 is 41.7 Å². The molecule has 170 valence electrons. The molecular formula is C19H24BrN3O7S. The minimum Gasteiger partial charge on any atom is -0.463 e. The van der Waals surface area contributed by atoms with E-state index in [0.717, 1.165) is 11.8 Å². The van der Waals surface area contributed by atoms with Crippen LogP contribution >= 0.6 is 27.7 Å². The number of pyridine rings is 1. The molecule has 0 bridgehead atoms. The van der Waals surface area contributed by atoms with Crippen molar-refractivity contribution in [2.24, 2.45) is 5.73 Å². The summed E-state index contributed by atoms with van der Waals surface area (Å²) in [5.41, 5.74) is 5.13. The van der Waals surface area contributed by atoms with Gasteiger partial charge in [-0.3, -0.25) is 14.4 Å². The number of halogens is 1. The SMILES string of the molecule is CC(=O)OCC(OC(Sc1cnc(C#N)c(Br)c1)[C@H](CN)OC(C)=O)[C@@H](C)OC(C)=O. The Kier molecular flexibility index (Phi) is 11.5. The number of aromatic nitrogens is 1. The van der Waals surface area contributed by atoms with Crippen LogP contribution in [0.2, 0.25) is 0 Å². The number of ether oxygens (including phenoxy) is 4. The number of carbonyl (C=O) groups is 3. The predicted molar refractivity (Wildman–Crippen MR) is 114 cm³/mol. The van der Waals surface area contributed by atoms with Crippen molar-refractivity contribution in [1.82, 2.24) is 4.98 Å². The third kappa shape index (κ3) is 9.65. The zero-order valence-electron chi connectivity index (χ0n) is 17.5. The number of nitrogens with zero attached hydrogens (tertiary/aromatic N) is 2. The maximum atomic E-state index is 11.6. The third-order valence-electron chi connectivity index (χ3n) is 3.66. The van der Waals surface area contributed by atoms with Crippen molar-refractivity contribution in [3.05, 3.63) is 22.4 Å². The molecule has 0 fully saturated rings. The van der Waals surface area contributed by atoms with E-state index in [-0.39, 0.29) is 18.8 Å². The highest BCUT2D eigenvalue weighted by molar-refractivity contribution is 9.10. The maximum absolute atomic E-state index is 11.6. The smallest absolute Gasteiger partial charge is 0.303 e. The Morgan fingerprint density at radius 3 is 2.32 bits per heavy atom. The number of hydrogen-bond acceptors (Lipinski definition) is 11. The average Bonchev–Trinajstić information content (AvgIpc) is 2.67. The molecule has 12 heteroatoms. The molecule has 0 radical (unpaired) electrons. The molecule has 1 heterocycles. The summed E-state index contributed by atoms with van der Waals surface area (Å²) in [6, 6.07) is 3.60. The lowest BCUT2D eigenvalue weighted by atomic mass is 10.2. The van der Waals surface area contributed by atoms with Crippen molar-refractivity contribution >= 4 is 45.6 Å². The van der Waals surface area contributed by atoms with Crippen LogP contribution in [0, 0.1) is 11.3 Å². The Hall–Kier alpha value is -2.20. The van der Waals surface area contributed by atoms with Gasteiger partial charge in [0.1, 0.15) is 36.4 Å². The van der Waals surface area contributed by atoms with Crippen LogP contribution in [0.25, 0.3) is 0 Å². The number of nitriles is 1. The summed E-state index contributed by atoms with van der Waals surface area (Å²) in [5, 5.41) is 9.04. The zero-order valence-corrected chi connectivity index (χ0v) is 19.9. The van der Waals surface area contributed by atoms with E-state index in [1.54, 1.807) is 13.0 Å². The highest BCUT2D eigenvalue weighted by Gasteiger charge is 2.32. The zero-order chi connectivity index (χ0) is 23.6. The van der Waals surface area contributed by atoms with Crippen LogP contribution in [0.3, 0.4) is 0 Å². The number of esters is 3. The van der Waals surface area contributed by atoms with Gasteiger partial charge in [0.25, 0.3) is 0 Å². The highest BCUT2D eigenvalue weighted by Crippen LogP contribution is 2.31. The van der Waals surface area contributed by atoms with E-state index in [4.69, 9.17) is 29.9 Å². The lowest BCUT2D eigenvalue weighted by Crippen LogP contribution is -2.44. The van der Waals surface area contributed by atoms with E-state index in [1.807, 2.05) is 6.07 Å². The topological polar surface area (TPSA) is 151 Å². The first-order chi connectivity index (χ1) is 14.6. The Morgan fingerprint density at radius 2 is 1.84 bits per heavy atom. The van der Waals surface area contributed by atoms with Gasteiger partial charge in [-0.2, -0.15) is 5.26 Å². The Bertz CT molecular complexity index is 833. The predicted octanol–water partition coefficient (Wildman–Crippen LogP) is 1.92. The van der Waals surface area contributed by atoms with E-state index in [0.29, 0.717) is 9.37 Å². The van der Waals surface area contributed by atoms with Crippen LogP contribution in [-0.4, -0.2) is 59.8 Å². The highest BCUT2D eigenvalue weighted by atomic mass is 79.9. The number of thioether (sulfide) groups is 1. The van der Waals surface area contributed by atoms with Gasteiger partial charge in [-0.25, -0.2) is 4.98 Å². The van der Waals surface area contributed by atoms with Crippen molar-refractivity contribution in [3.63, 3.8) is 0 Å². The second-order valence-corrected chi connectivity index (χ2v) is 8.30. The molecule has 2 N–H and O–H groups in total. The van der Waals surface area contributed by atoms with Gasteiger partial charge in [-0.05, 0) is 28.9 Å². The van der Waals surface area contributed by atoms with E-state index in [1.165, 1.54) is 27.0 Å². The molecule has 0 saturated carbocycles. The molecule has 0 aliphatic carbocycles. The lowest BCUT2D eigenvalue weighted by molar-refractivity contribution is -0.169. The molecular weight excluding hydrogens is 494 g/mol. The molecule has 1 aromatic rings. The molecule has 0 aliphatic rings. The fourth-order valence-electron chi connectivity index (χ4n) is 2.32. The molecule has 0 saturated heterocycles. The number of nitrogens with two attached hydrogens (primary N) is 1. The molecule has 4 atom stereocenters. The van der Waals surface area contributed by atoms with Crippen molar-refractivity contribution in [2.45, 2.75) is 56.3 Å². The summed E-state index contributed by atoms with van der Waals surface area (Å²) < 4.78 is 22.0. The number of hydrogen-bond donors (Lipinski definition) is 1. The molecule has 1 aromatic heterocycles. The van der Waals surface area contributed by atoms with Gasteiger partial charge in [0.05, 0.1) is 4.47 Å². The monoisotopic (exact) mass is 517 g/mol. The summed E-state index contributed by atoms with van der Waals surface area (Å²) in [6.45, 7) is 5.04. The first-order valence-corrected chi connectivity index (χ1v) is 10.8. The van der Waals surface area contributed by atoms with Crippen molar-refractivity contribution < 1.29 is 33.3 Å². The summed E-state index contributed by atoms with van der Waals surface area (Å²) in [6.07, 6.45) is -1.06. The molecule has 0 aromatic carbocycles. The molecule has 31 heavy (non-hydrogen) atoms. The van der Waals surface area contributed by atoms with Gasteiger partial charge < -0.3 is 24.7 Å². The number of rotatable bonds is 11. The van der Waals surface area contributed by atoms with E-state index >= 15 is 0 Å². The van der Waals surface area contributed by atoms with Gasteiger partial charge in [-0.1, -0.05) is 11.8 Å². The molecule has 0 spiro atoms. The molecule has 10 nitrogen and oxygen atoms in total. The molecule has 2 unspecified atom stereocenters. The Balaban J connectivity index is 3.20. The number of carbonyl (C=O) groups excluding carboxylic acids is 3. The van der Waals surface area contributed by atoms with Gasteiger partial charge in [-0.15, -0.1) is 0 Å². The molecule has 0 aliphatic heterocycles. The van der Waals surface area contributed by atoms with Crippen LogP contribution in [0.5, 0.6) is 0 Å². The van der Waals surface area contributed by atoms with Crippen LogP contribution in [0.1, 0.15) is 33.4 Å².